The molecule has 178 valence electrons. The lowest BCUT2D eigenvalue weighted by Crippen LogP contribution is -2.50. The number of carbonyl (C=O) groups excluding carboxylic acids is 3. The fourth-order valence-corrected chi connectivity index (χ4v) is 4.39. The highest BCUT2D eigenvalue weighted by molar-refractivity contribution is 6.31. The Morgan fingerprint density at radius 3 is 2.41 bits per heavy atom. The number of hydrogen-bond donors (Lipinski definition) is 0. The molecule has 7 nitrogen and oxygen atoms in total. The number of benzene rings is 2. The summed E-state index contributed by atoms with van der Waals surface area (Å²) in [4.78, 5) is 41.4. The van der Waals surface area contributed by atoms with Gasteiger partial charge in [0.05, 0.1) is 17.9 Å². The fraction of sp³-hybridized carbons (Fsp3) is 0.385. The second-order valence-electron chi connectivity index (χ2n) is 8.42. The van der Waals surface area contributed by atoms with Gasteiger partial charge in [0.15, 0.2) is 6.61 Å². The Kier molecular flexibility index (Phi) is 8.30. The molecule has 0 aliphatic carbocycles. The van der Waals surface area contributed by atoms with E-state index in [0.717, 1.165) is 11.1 Å². The summed E-state index contributed by atoms with van der Waals surface area (Å²) in [5.74, 6) is -0.936. The van der Waals surface area contributed by atoms with Gasteiger partial charge in [-0.1, -0.05) is 41.9 Å². The number of amides is 2. The number of piperidine rings is 1. The third-order valence-electron chi connectivity index (χ3n) is 6.31. The van der Waals surface area contributed by atoms with Crippen LogP contribution in [-0.2, 0) is 24.5 Å². The lowest BCUT2D eigenvalue weighted by Gasteiger charge is -2.40. The number of nitrogens with zero attached hydrogens (tertiary/aromatic N) is 3. The molecule has 0 unspecified atom stereocenters. The van der Waals surface area contributed by atoms with E-state index in [0.29, 0.717) is 36.6 Å². The molecule has 0 aromatic heterocycles. The van der Waals surface area contributed by atoms with E-state index in [1.807, 2.05) is 43.3 Å². The highest BCUT2D eigenvalue weighted by Crippen LogP contribution is 2.37. The molecule has 3 rings (SSSR count). The molecular formula is C26H28ClN3O4. The van der Waals surface area contributed by atoms with Crippen molar-refractivity contribution < 1.29 is 19.1 Å². The average Bonchev–Trinajstić information content (AvgIpc) is 2.85. The van der Waals surface area contributed by atoms with Crippen molar-refractivity contribution in [1.29, 1.82) is 5.26 Å². The van der Waals surface area contributed by atoms with Crippen molar-refractivity contribution in [3.63, 3.8) is 0 Å². The molecule has 0 radical (unpaired) electrons. The summed E-state index contributed by atoms with van der Waals surface area (Å²) >= 11 is 6.11. The van der Waals surface area contributed by atoms with E-state index in [-0.39, 0.29) is 18.9 Å². The Bertz CT molecular complexity index is 1090. The van der Waals surface area contributed by atoms with E-state index in [2.05, 4.69) is 0 Å². The smallest absolute Gasteiger partial charge is 0.317 e. The Balaban J connectivity index is 1.78. The zero-order valence-electron chi connectivity index (χ0n) is 19.4. The average molecular weight is 482 g/mol. The molecule has 2 aromatic carbocycles. The third-order valence-corrected chi connectivity index (χ3v) is 6.73. The van der Waals surface area contributed by atoms with Crippen molar-refractivity contribution in [3.05, 3.63) is 64.7 Å². The monoisotopic (exact) mass is 481 g/mol. The molecule has 1 aliphatic rings. The van der Waals surface area contributed by atoms with Gasteiger partial charge in [0.1, 0.15) is 0 Å². The SMILES string of the molecule is CC(=O)N1CCC(C(=O)OCC(=O)N(CCC#N)c2ccc(Cl)c(C)c2)(c2ccccc2)CC1. The molecule has 34 heavy (non-hydrogen) atoms. The molecule has 1 fully saturated rings. The summed E-state index contributed by atoms with van der Waals surface area (Å²) in [6.45, 7) is 3.94. The zero-order chi connectivity index (χ0) is 24.7. The van der Waals surface area contributed by atoms with Gasteiger partial charge in [-0.2, -0.15) is 5.26 Å². The molecule has 1 heterocycles. The molecule has 0 spiro atoms. The van der Waals surface area contributed by atoms with Crippen LogP contribution in [0.25, 0.3) is 0 Å². The fourth-order valence-electron chi connectivity index (χ4n) is 4.27. The summed E-state index contributed by atoms with van der Waals surface area (Å²) in [5.41, 5.74) is 1.27. The first-order chi connectivity index (χ1) is 16.3. The molecule has 1 saturated heterocycles. The van der Waals surface area contributed by atoms with E-state index >= 15 is 0 Å². The second-order valence-corrected chi connectivity index (χ2v) is 8.82. The van der Waals surface area contributed by atoms with Crippen molar-refractivity contribution in [3.8, 4) is 6.07 Å². The van der Waals surface area contributed by atoms with Crippen molar-refractivity contribution >= 4 is 35.1 Å². The van der Waals surface area contributed by atoms with E-state index in [1.165, 1.54) is 11.8 Å². The first kappa shape index (κ1) is 25.3. The van der Waals surface area contributed by atoms with Crippen LogP contribution in [0, 0.1) is 18.3 Å². The lowest BCUT2D eigenvalue weighted by molar-refractivity contribution is -0.156. The summed E-state index contributed by atoms with van der Waals surface area (Å²) in [6, 6.07) is 16.6. The molecule has 0 saturated carbocycles. The predicted molar refractivity (Wildman–Crippen MR) is 129 cm³/mol. The number of anilines is 1. The van der Waals surface area contributed by atoms with Crippen molar-refractivity contribution in [2.45, 2.75) is 38.5 Å². The topological polar surface area (TPSA) is 90.7 Å². The van der Waals surface area contributed by atoms with Gasteiger partial charge in [0.25, 0.3) is 5.91 Å². The van der Waals surface area contributed by atoms with Gasteiger partial charge in [0.2, 0.25) is 5.91 Å². The minimum absolute atomic E-state index is 0.0309. The van der Waals surface area contributed by atoms with Crippen LogP contribution in [-0.4, -0.2) is 48.9 Å². The van der Waals surface area contributed by atoms with E-state index in [4.69, 9.17) is 21.6 Å². The van der Waals surface area contributed by atoms with Gasteiger partial charge in [-0.15, -0.1) is 0 Å². The van der Waals surface area contributed by atoms with E-state index in [1.54, 1.807) is 23.1 Å². The van der Waals surface area contributed by atoms with Crippen LogP contribution in [0.5, 0.6) is 0 Å². The lowest BCUT2D eigenvalue weighted by atomic mass is 9.72. The minimum atomic E-state index is -0.929. The first-order valence-corrected chi connectivity index (χ1v) is 11.6. The Hall–Kier alpha value is -3.37. The zero-order valence-corrected chi connectivity index (χ0v) is 20.2. The van der Waals surface area contributed by atoms with Gasteiger partial charge in [-0.05, 0) is 49.1 Å². The first-order valence-electron chi connectivity index (χ1n) is 11.2. The van der Waals surface area contributed by atoms with Crippen LogP contribution in [0.1, 0.15) is 37.3 Å². The second kappa shape index (κ2) is 11.2. The maximum atomic E-state index is 13.4. The summed E-state index contributed by atoms with van der Waals surface area (Å²) in [7, 11) is 0. The number of carbonyl (C=O) groups is 3. The van der Waals surface area contributed by atoms with Crippen LogP contribution in [0.4, 0.5) is 5.69 Å². The maximum absolute atomic E-state index is 13.4. The molecule has 0 N–H and O–H groups in total. The maximum Gasteiger partial charge on any atom is 0.317 e. The number of likely N-dealkylation sites (tertiary alicyclic amines) is 1. The molecule has 0 bridgehead atoms. The number of rotatable bonds is 7. The molecule has 1 aliphatic heterocycles. The minimum Gasteiger partial charge on any atom is -0.455 e. The van der Waals surface area contributed by atoms with Crippen LogP contribution < -0.4 is 4.90 Å². The van der Waals surface area contributed by atoms with Crippen LogP contribution in [0.3, 0.4) is 0 Å². The Labute approximate surface area is 204 Å². The standard InChI is InChI=1S/C26H28ClN3O4/c1-19-17-22(9-10-23(19)27)30(14-6-13-28)24(32)18-34-25(33)26(21-7-4-3-5-8-21)11-15-29(16-12-26)20(2)31/h3-5,7-10,17H,6,11-12,14-16,18H2,1-2H3. The highest BCUT2D eigenvalue weighted by Gasteiger charge is 2.45. The van der Waals surface area contributed by atoms with Gasteiger partial charge < -0.3 is 14.5 Å². The van der Waals surface area contributed by atoms with Crippen molar-refractivity contribution in [2.75, 3.05) is 31.1 Å². The third kappa shape index (κ3) is 5.57. The number of hydrogen-bond acceptors (Lipinski definition) is 5. The number of aryl methyl sites for hydroxylation is 1. The number of ether oxygens (including phenoxy) is 1. The summed E-state index contributed by atoms with van der Waals surface area (Å²) in [6.07, 6.45) is 0.965. The summed E-state index contributed by atoms with van der Waals surface area (Å²) < 4.78 is 5.59. The van der Waals surface area contributed by atoms with Crippen LogP contribution in [0.15, 0.2) is 48.5 Å². The predicted octanol–water partition coefficient (Wildman–Crippen LogP) is 4.02. The summed E-state index contributed by atoms with van der Waals surface area (Å²) in [5, 5.41) is 9.60. The van der Waals surface area contributed by atoms with E-state index in [9.17, 15) is 14.4 Å². The van der Waals surface area contributed by atoms with E-state index < -0.39 is 23.9 Å². The van der Waals surface area contributed by atoms with Crippen LogP contribution in [0.2, 0.25) is 5.02 Å². The largest absolute Gasteiger partial charge is 0.455 e. The highest BCUT2D eigenvalue weighted by atomic mass is 35.5. The van der Waals surface area contributed by atoms with Gasteiger partial charge in [0, 0.05) is 37.3 Å². The van der Waals surface area contributed by atoms with Gasteiger partial charge in [-0.25, -0.2) is 0 Å². The Morgan fingerprint density at radius 1 is 1.15 bits per heavy atom. The molecule has 2 amide bonds. The molecule has 2 aromatic rings. The van der Waals surface area contributed by atoms with Crippen molar-refractivity contribution in [1.82, 2.24) is 4.90 Å². The quantitative estimate of drug-likeness (QED) is 0.557. The molecule has 8 heteroatoms. The number of nitriles is 1. The van der Waals surface area contributed by atoms with Gasteiger partial charge in [-0.3, -0.25) is 14.4 Å². The number of halogens is 1. The molecular weight excluding hydrogens is 454 g/mol. The Morgan fingerprint density at radius 2 is 1.82 bits per heavy atom. The van der Waals surface area contributed by atoms with Crippen LogP contribution >= 0.6 is 11.6 Å². The number of esters is 1. The normalized spacial score (nSPS) is 14.7. The molecule has 0 atom stereocenters. The van der Waals surface area contributed by atoms with Crippen molar-refractivity contribution in [2.24, 2.45) is 0 Å². The van der Waals surface area contributed by atoms with Gasteiger partial charge >= 0.3 is 5.97 Å².